The Morgan fingerprint density at radius 2 is 0.833 bits per heavy atom. The lowest BCUT2D eigenvalue weighted by molar-refractivity contribution is -0.503. The lowest BCUT2D eigenvalue weighted by atomic mass is 10.1. The highest BCUT2D eigenvalue weighted by Crippen LogP contribution is 2.18. The van der Waals surface area contributed by atoms with Crippen LogP contribution in [0.1, 0.15) is 54.4 Å². The van der Waals surface area contributed by atoms with Crippen LogP contribution in [0.3, 0.4) is 0 Å². The van der Waals surface area contributed by atoms with Crippen LogP contribution in [0.2, 0.25) is 12.1 Å². The highest BCUT2D eigenvalue weighted by atomic mass is 28.4. The van der Waals surface area contributed by atoms with Crippen molar-refractivity contribution in [1.29, 1.82) is 0 Å². The summed E-state index contributed by atoms with van der Waals surface area (Å²) in [6.07, 6.45) is -3.65. The van der Waals surface area contributed by atoms with E-state index in [9.17, 15) is 19.8 Å². The van der Waals surface area contributed by atoms with Crippen LogP contribution in [0, 0.1) is 0 Å². The molecule has 0 aromatic heterocycles. The van der Waals surface area contributed by atoms with Gasteiger partial charge in [-0.1, -0.05) is 0 Å². The van der Waals surface area contributed by atoms with E-state index in [1.807, 2.05) is 41.5 Å². The van der Waals surface area contributed by atoms with Crippen molar-refractivity contribution in [3.63, 3.8) is 0 Å². The smallest absolute Gasteiger partial charge is 0.500 e. The molecule has 214 valence electrons. The first kappa shape index (κ1) is 35.1. The van der Waals surface area contributed by atoms with Crippen LogP contribution in [-0.4, -0.2) is 94.4 Å². The minimum Gasteiger partial charge on any atom is -0.845 e. The van der Waals surface area contributed by atoms with Crippen LogP contribution in [0.5, 0.6) is 0 Å². The van der Waals surface area contributed by atoms with Gasteiger partial charge in [0.1, 0.15) is 0 Å². The van der Waals surface area contributed by atoms with Gasteiger partial charge in [0.15, 0.2) is 0 Å². The number of rotatable bonds is 23. The van der Waals surface area contributed by atoms with Gasteiger partial charge in [-0.05, 0) is 66.6 Å². The SMILES string of the molecule is CCO[Si](CCCNC(=O)[C@H]([O-])[C@@H]([O-])C(=O)NCCC[Si](OCC)(OCC)OCC)(OCC)OCC. The third kappa shape index (κ3) is 13.0. The second kappa shape index (κ2) is 20.1. The fourth-order valence-electron chi connectivity index (χ4n) is 3.51. The van der Waals surface area contributed by atoms with Crippen molar-refractivity contribution in [3.05, 3.63) is 0 Å². The van der Waals surface area contributed by atoms with Crippen LogP contribution < -0.4 is 20.8 Å². The summed E-state index contributed by atoms with van der Waals surface area (Å²) in [5, 5.41) is 29.3. The molecule has 36 heavy (non-hydrogen) atoms. The Morgan fingerprint density at radius 1 is 0.583 bits per heavy atom. The van der Waals surface area contributed by atoms with E-state index in [0.29, 0.717) is 64.6 Å². The van der Waals surface area contributed by atoms with Gasteiger partial charge in [-0.2, -0.15) is 0 Å². The molecule has 2 N–H and O–H groups in total. The van der Waals surface area contributed by atoms with E-state index in [0.717, 1.165) is 0 Å². The van der Waals surface area contributed by atoms with Gasteiger partial charge in [0.25, 0.3) is 0 Å². The quantitative estimate of drug-likeness (QED) is 0.125. The Morgan fingerprint density at radius 3 is 1.06 bits per heavy atom. The van der Waals surface area contributed by atoms with Gasteiger partial charge < -0.3 is 47.4 Å². The molecule has 0 bridgehead atoms. The predicted molar refractivity (Wildman–Crippen MR) is 134 cm³/mol. The number of amides is 2. The molecule has 2 amide bonds. The largest absolute Gasteiger partial charge is 0.845 e. The fraction of sp³-hybridized carbons (Fsp3) is 0.909. The van der Waals surface area contributed by atoms with Crippen LogP contribution in [0.4, 0.5) is 0 Å². The molecule has 0 rings (SSSR count). The Kier molecular flexibility index (Phi) is 19.5. The third-order valence-corrected chi connectivity index (χ3v) is 11.2. The monoisotopic (exact) mass is 554 g/mol. The maximum atomic E-state index is 12.2. The lowest BCUT2D eigenvalue weighted by Gasteiger charge is -2.34. The summed E-state index contributed by atoms with van der Waals surface area (Å²) in [6.45, 7) is 13.9. The summed E-state index contributed by atoms with van der Waals surface area (Å²) < 4.78 is 34.4. The fourth-order valence-corrected chi connectivity index (χ4v) is 8.74. The third-order valence-electron chi connectivity index (χ3n) is 4.90. The molecule has 0 aromatic carbocycles. The molecule has 2 atom stereocenters. The Bertz CT molecular complexity index is 519. The van der Waals surface area contributed by atoms with E-state index < -0.39 is 41.6 Å². The first-order chi connectivity index (χ1) is 17.2. The molecule has 12 nitrogen and oxygen atoms in total. The molecule has 0 aromatic rings. The number of nitrogens with one attached hydrogen (secondary N) is 2. The maximum absolute atomic E-state index is 12.2. The average molecular weight is 555 g/mol. The molecule has 0 spiro atoms. The van der Waals surface area contributed by atoms with Crippen molar-refractivity contribution >= 4 is 29.4 Å². The van der Waals surface area contributed by atoms with Crippen molar-refractivity contribution in [1.82, 2.24) is 10.6 Å². The second-order valence-corrected chi connectivity index (χ2v) is 13.1. The van der Waals surface area contributed by atoms with Gasteiger partial charge in [-0.25, -0.2) is 0 Å². The topological polar surface area (TPSA) is 160 Å². The molecule has 0 aliphatic rings. The van der Waals surface area contributed by atoms with Gasteiger partial charge in [-0.15, -0.1) is 0 Å². The van der Waals surface area contributed by atoms with Gasteiger partial charge >= 0.3 is 17.6 Å². The predicted octanol–water partition coefficient (Wildman–Crippen LogP) is -0.446. The first-order valence-electron chi connectivity index (χ1n) is 12.9. The molecule has 0 saturated carbocycles. The number of carbonyl (C=O) groups excluding carboxylic acids is 2. The summed E-state index contributed by atoms with van der Waals surface area (Å²) in [7, 11) is -5.72. The Labute approximate surface area is 218 Å². The molecule has 0 aliphatic heterocycles. The first-order valence-corrected chi connectivity index (χ1v) is 16.8. The summed E-state index contributed by atoms with van der Waals surface area (Å²) in [6, 6.07) is 0.896. The van der Waals surface area contributed by atoms with E-state index in [1.165, 1.54) is 0 Å². The van der Waals surface area contributed by atoms with Crippen LogP contribution in [0.15, 0.2) is 0 Å². The van der Waals surface area contributed by atoms with Crippen LogP contribution in [0.25, 0.3) is 0 Å². The van der Waals surface area contributed by atoms with E-state index in [4.69, 9.17) is 26.6 Å². The average Bonchev–Trinajstić information content (AvgIpc) is 2.84. The Balaban J connectivity index is 4.58. The molecule has 0 radical (unpaired) electrons. The highest BCUT2D eigenvalue weighted by molar-refractivity contribution is 6.61. The van der Waals surface area contributed by atoms with E-state index in [2.05, 4.69) is 10.6 Å². The van der Waals surface area contributed by atoms with Crippen molar-refractivity contribution < 1.29 is 46.4 Å². The van der Waals surface area contributed by atoms with Gasteiger partial charge in [-0.3, -0.25) is 9.59 Å². The maximum Gasteiger partial charge on any atom is 0.500 e. The molecule has 0 saturated heterocycles. The molecule has 0 unspecified atom stereocenters. The lowest BCUT2D eigenvalue weighted by Crippen LogP contribution is -2.61. The normalized spacial score (nSPS) is 13.9. The second-order valence-electron chi connectivity index (χ2n) is 7.59. The summed E-state index contributed by atoms with van der Waals surface area (Å²) in [4.78, 5) is 24.3. The van der Waals surface area contributed by atoms with Gasteiger partial charge in [0.2, 0.25) is 11.8 Å². The van der Waals surface area contributed by atoms with Crippen LogP contribution in [-0.2, 0) is 36.1 Å². The highest BCUT2D eigenvalue weighted by Gasteiger charge is 2.40. The zero-order valence-corrected chi connectivity index (χ0v) is 24.7. The minimum atomic E-state index is -2.86. The van der Waals surface area contributed by atoms with E-state index in [1.54, 1.807) is 0 Å². The number of carbonyl (C=O) groups is 2. The summed E-state index contributed by atoms with van der Waals surface area (Å²) in [5.74, 6) is -2.03. The van der Waals surface area contributed by atoms with E-state index >= 15 is 0 Å². The molecule has 0 heterocycles. The molecule has 0 aliphatic carbocycles. The van der Waals surface area contributed by atoms with Gasteiger partial charge in [0, 0.05) is 64.8 Å². The number of hydrogen-bond acceptors (Lipinski definition) is 10. The van der Waals surface area contributed by atoms with Crippen molar-refractivity contribution in [3.8, 4) is 0 Å². The van der Waals surface area contributed by atoms with Crippen LogP contribution >= 0.6 is 0 Å². The summed E-state index contributed by atoms with van der Waals surface area (Å²) in [5.41, 5.74) is 0. The Hall–Kier alpha value is -0.946. The van der Waals surface area contributed by atoms with Crippen molar-refractivity contribution in [2.75, 3.05) is 52.7 Å². The standard InChI is InChI=1S/C22H46N2O10Si2/c1-7-29-35(30-8-2,31-9-3)17-13-15-23-21(27)19(25)20(26)22(28)24-16-14-18-36(32-10-4,33-11-5)34-12-6/h19-20H,7-18H2,1-6H3,(H,23,27)(H,24,28)/q-2/t19-,20-/m1/s1. The zero-order valence-electron chi connectivity index (χ0n) is 22.7. The molecule has 0 fully saturated rings. The zero-order chi connectivity index (χ0) is 27.5. The summed E-state index contributed by atoms with van der Waals surface area (Å²) >= 11 is 0. The van der Waals surface area contributed by atoms with Gasteiger partial charge in [0.05, 0.1) is 0 Å². The van der Waals surface area contributed by atoms with Crippen molar-refractivity contribution in [2.45, 2.75) is 78.7 Å². The van der Waals surface area contributed by atoms with Crippen molar-refractivity contribution in [2.24, 2.45) is 0 Å². The molecular weight excluding hydrogens is 508 g/mol. The van der Waals surface area contributed by atoms with E-state index in [-0.39, 0.29) is 13.1 Å². The minimum absolute atomic E-state index is 0.132. The molecule has 14 heteroatoms. The number of hydrogen-bond donors (Lipinski definition) is 2. The molecular formula is C22H46N2O10Si2-2.